The van der Waals surface area contributed by atoms with Crippen LogP contribution in [0.1, 0.15) is 34.7 Å². The van der Waals surface area contributed by atoms with E-state index in [0.717, 1.165) is 24.6 Å². The summed E-state index contributed by atoms with van der Waals surface area (Å²) in [6, 6.07) is 9.15. The number of ether oxygens (including phenoxy) is 1. The van der Waals surface area contributed by atoms with Crippen LogP contribution in [-0.4, -0.2) is 36.1 Å². The van der Waals surface area contributed by atoms with Crippen LogP contribution in [0.3, 0.4) is 0 Å². The number of carbonyl (C=O) groups excluding carboxylic acids is 1. The number of amides is 1. The largest absolute Gasteiger partial charge is 0.496 e. The van der Waals surface area contributed by atoms with Crippen molar-refractivity contribution in [2.45, 2.75) is 26.3 Å². The molecule has 3 rings (SSSR count). The zero-order valence-corrected chi connectivity index (χ0v) is 14.1. The van der Waals surface area contributed by atoms with Crippen LogP contribution in [0.15, 0.2) is 30.3 Å². The molecule has 1 aromatic carbocycles. The molecule has 1 fully saturated rings. The Hall–Kier alpha value is -2.63. The van der Waals surface area contributed by atoms with Crippen LogP contribution in [0.4, 0.5) is 5.82 Å². The van der Waals surface area contributed by atoms with E-state index in [-0.39, 0.29) is 5.91 Å². The van der Waals surface area contributed by atoms with E-state index in [0.29, 0.717) is 23.7 Å². The molecule has 0 bridgehead atoms. The van der Waals surface area contributed by atoms with Crippen molar-refractivity contribution in [3.63, 3.8) is 0 Å². The molecular formula is C18H22N4O2. The predicted molar refractivity (Wildman–Crippen MR) is 92.4 cm³/mol. The van der Waals surface area contributed by atoms with E-state index in [1.165, 1.54) is 12.8 Å². The summed E-state index contributed by atoms with van der Waals surface area (Å²) in [5.74, 6) is 1.93. The van der Waals surface area contributed by atoms with Gasteiger partial charge in [-0.15, -0.1) is 0 Å². The first-order chi connectivity index (χ1) is 11.7. The molecule has 1 aromatic heterocycles. The average molecular weight is 326 g/mol. The molecule has 2 heterocycles. The first kappa shape index (κ1) is 16.2. The second kappa shape index (κ2) is 7.29. The minimum Gasteiger partial charge on any atom is -0.496 e. The molecule has 0 radical (unpaired) electrons. The van der Waals surface area contributed by atoms with E-state index in [9.17, 15) is 4.79 Å². The van der Waals surface area contributed by atoms with Crippen LogP contribution >= 0.6 is 0 Å². The van der Waals surface area contributed by atoms with Gasteiger partial charge in [0.15, 0.2) is 0 Å². The summed E-state index contributed by atoms with van der Waals surface area (Å²) >= 11 is 0. The van der Waals surface area contributed by atoms with Gasteiger partial charge in [0.05, 0.1) is 19.2 Å². The van der Waals surface area contributed by atoms with Gasteiger partial charge in [-0.2, -0.15) is 0 Å². The number of methoxy groups -OCH3 is 1. The van der Waals surface area contributed by atoms with Crippen LogP contribution < -0.4 is 15.0 Å². The van der Waals surface area contributed by atoms with Crippen LogP contribution in [0, 0.1) is 6.92 Å². The fourth-order valence-corrected chi connectivity index (χ4v) is 2.89. The number of hydrogen-bond acceptors (Lipinski definition) is 5. The lowest BCUT2D eigenvalue weighted by Crippen LogP contribution is -2.26. The monoisotopic (exact) mass is 326 g/mol. The molecule has 2 aromatic rings. The van der Waals surface area contributed by atoms with E-state index < -0.39 is 0 Å². The maximum atomic E-state index is 12.4. The van der Waals surface area contributed by atoms with Crippen molar-refractivity contribution in [2.24, 2.45) is 0 Å². The molecule has 1 N–H and O–H groups in total. The Morgan fingerprint density at radius 3 is 2.75 bits per heavy atom. The molecule has 6 nitrogen and oxygen atoms in total. The van der Waals surface area contributed by atoms with Crippen molar-refractivity contribution in [1.82, 2.24) is 15.3 Å². The summed E-state index contributed by atoms with van der Waals surface area (Å²) in [6.45, 7) is 4.30. The van der Waals surface area contributed by atoms with Gasteiger partial charge >= 0.3 is 0 Å². The minimum atomic E-state index is -0.194. The first-order valence-electron chi connectivity index (χ1n) is 8.18. The summed E-state index contributed by atoms with van der Waals surface area (Å²) in [6.07, 6.45) is 2.39. The standard InChI is InChI=1S/C18H22N4O2/c1-13-11-17(22-9-5-6-10-22)21-16(20-13)12-19-18(23)14-7-3-4-8-15(14)24-2/h3-4,7-8,11H,5-6,9-10,12H2,1-2H3,(H,19,23). The van der Waals surface area contributed by atoms with E-state index >= 15 is 0 Å². The second-order valence-corrected chi connectivity index (χ2v) is 5.86. The number of nitrogens with zero attached hydrogens (tertiary/aromatic N) is 3. The van der Waals surface area contributed by atoms with Gasteiger partial charge in [0.2, 0.25) is 0 Å². The van der Waals surface area contributed by atoms with Gasteiger partial charge < -0.3 is 15.0 Å². The Labute approximate surface area is 141 Å². The van der Waals surface area contributed by atoms with Crippen molar-refractivity contribution >= 4 is 11.7 Å². The van der Waals surface area contributed by atoms with E-state index in [1.54, 1.807) is 19.2 Å². The highest BCUT2D eigenvalue weighted by molar-refractivity contribution is 5.96. The van der Waals surface area contributed by atoms with Crippen LogP contribution in [-0.2, 0) is 6.54 Å². The Bertz CT molecular complexity index is 727. The van der Waals surface area contributed by atoms with Crippen molar-refractivity contribution in [1.29, 1.82) is 0 Å². The van der Waals surface area contributed by atoms with E-state index in [4.69, 9.17) is 4.74 Å². The van der Waals surface area contributed by atoms with Gasteiger partial charge in [-0.25, -0.2) is 9.97 Å². The third kappa shape index (κ3) is 3.64. The van der Waals surface area contributed by atoms with Gasteiger partial charge in [-0.3, -0.25) is 4.79 Å². The number of benzene rings is 1. The van der Waals surface area contributed by atoms with Crippen molar-refractivity contribution in [3.8, 4) is 5.75 Å². The SMILES string of the molecule is COc1ccccc1C(=O)NCc1nc(C)cc(N2CCCC2)n1. The number of rotatable bonds is 5. The van der Waals surface area contributed by atoms with Gasteiger partial charge in [0.25, 0.3) is 5.91 Å². The Morgan fingerprint density at radius 1 is 1.25 bits per heavy atom. The zero-order chi connectivity index (χ0) is 16.9. The molecule has 1 aliphatic rings. The van der Waals surface area contributed by atoms with Crippen molar-refractivity contribution < 1.29 is 9.53 Å². The molecule has 1 aliphatic heterocycles. The van der Waals surface area contributed by atoms with Crippen molar-refractivity contribution in [3.05, 3.63) is 47.4 Å². The molecule has 0 saturated carbocycles. The number of anilines is 1. The fraction of sp³-hybridized carbons (Fsp3) is 0.389. The van der Waals surface area contributed by atoms with Gasteiger partial charge in [-0.1, -0.05) is 12.1 Å². The topological polar surface area (TPSA) is 67.3 Å². The quantitative estimate of drug-likeness (QED) is 0.913. The van der Waals surface area contributed by atoms with Crippen LogP contribution in [0.2, 0.25) is 0 Å². The lowest BCUT2D eigenvalue weighted by atomic mass is 10.2. The summed E-state index contributed by atoms with van der Waals surface area (Å²) < 4.78 is 5.23. The average Bonchev–Trinajstić information content (AvgIpc) is 3.14. The normalized spacial score (nSPS) is 13.8. The maximum Gasteiger partial charge on any atom is 0.255 e. The highest BCUT2D eigenvalue weighted by Crippen LogP contribution is 2.19. The van der Waals surface area contributed by atoms with Gasteiger partial charge in [0.1, 0.15) is 17.4 Å². The molecule has 0 unspecified atom stereocenters. The second-order valence-electron chi connectivity index (χ2n) is 5.86. The first-order valence-corrected chi connectivity index (χ1v) is 8.18. The fourth-order valence-electron chi connectivity index (χ4n) is 2.89. The van der Waals surface area contributed by atoms with Crippen molar-refractivity contribution in [2.75, 3.05) is 25.1 Å². The lowest BCUT2D eigenvalue weighted by molar-refractivity contribution is 0.0947. The highest BCUT2D eigenvalue weighted by Gasteiger charge is 2.16. The van der Waals surface area contributed by atoms with E-state index in [1.807, 2.05) is 25.1 Å². The van der Waals surface area contributed by atoms with Crippen LogP contribution in [0.25, 0.3) is 0 Å². The number of para-hydroxylation sites is 1. The maximum absolute atomic E-state index is 12.4. The smallest absolute Gasteiger partial charge is 0.255 e. The molecule has 1 saturated heterocycles. The lowest BCUT2D eigenvalue weighted by Gasteiger charge is -2.17. The summed E-state index contributed by atoms with van der Waals surface area (Å²) in [5, 5.41) is 2.87. The third-order valence-electron chi connectivity index (χ3n) is 4.08. The number of hydrogen-bond donors (Lipinski definition) is 1. The number of aromatic nitrogens is 2. The summed E-state index contributed by atoms with van der Waals surface area (Å²) in [7, 11) is 1.55. The van der Waals surface area contributed by atoms with Crippen LogP contribution in [0.5, 0.6) is 5.75 Å². The molecule has 0 spiro atoms. The highest BCUT2D eigenvalue weighted by atomic mass is 16.5. The number of nitrogens with one attached hydrogen (secondary N) is 1. The minimum absolute atomic E-state index is 0.194. The Balaban J connectivity index is 1.71. The molecule has 24 heavy (non-hydrogen) atoms. The Morgan fingerprint density at radius 2 is 2.00 bits per heavy atom. The zero-order valence-electron chi connectivity index (χ0n) is 14.1. The van der Waals surface area contributed by atoms with Gasteiger partial charge in [0, 0.05) is 24.8 Å². The Kier molecular flexibility index (Phi) is 4.93. The predicted octanol–water partition coefficient (Wildman–Crippen LogP) is 2.32. The summed E-state index contributed by atoms with van der Waals surface area (Å²) in [4.78, 5) is 23.7. The number of aryl methyl sites for hydroxylation is 1. The number of carbonyl (C=O) groups is 1. The third-order valence-corrected chi connectivity index (χ3v) is 4.08. The molecule has 0 atom stereocenters. The molecule has 126 valence electrons. The molecular weight excluding hydrogens is 304 g/mol. The molecule has 1 amide bonds. The van der Waals surface area contributed by atoms with E-state index in [2.05, 4.69) is 20.2 Å². The van der Waals surface area contributed by atoms with Gasteiger partial charge in [-0.05, 0) is 31.9 Å². The summed E-state index contributed by atoms with van der Waals surface area (Å²) in [5.41, 5.74) is 1.42. The molecule has 6 heteroatoms. The molecule has 0 aliphatic carbocycles.